The third-order valence-corrected chi connectivity index (χ3v) is 6.71. The standard InChI is InChI=1S/C20H27NO2/c1-3-17(20(9-6-10-20)19(22)23-2)21-12-16-15-11-13-7-4-5-8-14(13)18(15)16/h4-5,7-8,15-18,21H,3,6,9-12H2,1-2H3/t15-,16-,17+,18+/m1/s1. The zero-order valence-corrected chi connectivity index (χ0v) is 14.2. The van der Waals surface area contributed by atoms with Crippen LogP contribution in [0.1, 0.15) is 49.7 Å². The molecule has 0 unspecified atom stereocenters. The first-order valence-corrected chi connectivity index (χ1v) is 9.11. The number of fused-ring (bicyclic) bond motifs is 3. The quantitative estimate of drug-likeness (QED) is 0.819. The third kappa shape index (κ3) is 2.24. The molecule has 0 radical (unpaired) electrons. The second-order valence-electron chi connectivity index (χ2n) is 7.63. The fraction of sp³-hybridized carbons (Fsp3) is 0.650. The molecule has 3 aliphatic rings. The molecule has 3 nitrogen and oxygen atoms in total. The van der Waals surface area contributed by atoms with Crippen molar-refractivity contribution >= 4 is 5.97 Å². The molecule has 0 heterocycles. The number of carbonyl (C=O) groups excluding carboxylic acids is 1. The summed E-state index contributed by atoms with van der Waals surface area (Å²) in [6, 6.07) is 9.17. The molecule has 0 amide bonds. The summed E-state index contributed by atoms with van der Waals surface area (Å²) >= 11 is 0. The lowest BCUT2D eigenvalue weighted by atomic mass is 9.63. The minimum absolute atomic E-state index is 0.00978. The van der Waals surface area contributed by atoms with Crippen molar-refractivity contribution in [2.45, 2.75) is 51.0 Å². The van der Waals surface area contributed by atoms with Crippen LogP contribution in [0.4, 0.5) is 0 Å². The van der Waals surface area contributed by atoms with E-state index in [0.717, 1.165) is 50.0 Å². The van der Waals surface area contributed by atoms with Crippen LogP contribution in [0.2, 0.25) is 0 Å². The maximum absolute atomic E-state index is 12.3. The summed E-state index contributed by atoms with van der Waals surface area (Å²) in [7, 11) is 1.53. The lowest BCUT2D eigenvalue weighted by molar-refractivity contribution is -0.161. The van der Waals surface area contributed by atoms with E-state index in [4.69, 9.17) is 4.74 Å². The van der Waals surface area contributed by atoms with Gasteiger partial charge >= 0.3 is 5.97 Å². The Kier molecular flexibility index (Phi) is 3.72. The summed E-state index contributed by atoms with van der Waals surface area (Å²) in [6.07, 6.45) is 5.34. The number of carbonyl (C=O) groups is 1. The van der Waals surface area contributed by atoms with Crippen molar-refractivity contribution in [2.75, 3.05) is 13.7 Å². The zero-order chi connectivity index (χ0) is 16.0. The van der Waals surface area contributed by atoms with Crippen LogP contribution in [-0.2, 0) is 16.0 Å². The average Bonchev–Trinajstić information content (AvgIpc) is 3.07. The Bertz CT molecular complexity index is 607. The van der Waals surface area contributed by atoms with Crippen LogP contribution in [0.3, 0.4) is 0 Å². The Hall–Kier alpha value is -1.35. The maximum atomic E-state index is 12.3. The minimum atomic E-state index is -0.259. The van der Waals surface area contributed by atoms with Gasteiger partial charge in [-0.3, -0.25) is 4.79 Å². The summed E-state index contributed by atoms with van der Waals surface area (Å²) < 4.78 is 5.10. The van der Waals surface area contributed by atoms with Crippen LogP contribution in [0.25, 0.3) is 0 Å². The Labute approximate surface area is 138 Å². The number of nitrogens with one attached hydrogen (secondary N) is 1. The van der Waals surface area contributed by atoms with Crippen LogP contribution in [0, 0.1) is 17.3 Å². The van der Waals surface area contributed by atoms with Crippen molar-refractivity contribution in [3.8, 4) is 0 Å². The fourth-order valence-corrected chi connectivity index (χ4v) is 5.23. The molecule has 0 aliphatic heterocycles. The second-order valence-corrected chi connectivity index (χ2v) is 7.63. The zero-order valence-electron chi connectivity index (χ0n) is 14.2. The van der Waals surface area contributed by atoms with Gasteiger partial charge in [-0.1, -0.05) is 37.6 Å². The lowest BCUT2D eigenvalue weighted by Crippen LogP contribution is -2.55. The van der Waals surface area contributed by atoms with Gasteiger partial charge in [-0.25, -0.2) is 0 Å². The molecule has 3 heteroatoms. The Morgan fingerprint density at radius 2 is 2.17 bits per heavy atom. The highest BCUT2D eigenvalue weighted by molar-refractivity contribution is 5.78. The van der Waals surface area contributed by atoms with Gasteiger partial charge in [0.1, 0.15) is 0 Å². The SMILES string of the molecule is CC[C@H](NC[C@@H]1[C@H]2Cc3ccccc3[C@H]12)C1(C(=O)OC)CCC1. The Morgan fingerprint density at radius 3 is 2.83 bits per heavy atom. The van der Waals surface area contributed by atoms with Crippen LogP contribution < -0.4 is 5.32 Å². The highest BCUT2D eigenvalue weighted by Gasteiger charge is 2.56. The van der Waals surface area contributed by atoms with E-state index in [9.17, 15) is 4.79 Å². The lowest BCUT2D eigenvalue weighted by Gasteiger charge is -2.45. The van der Waals surface area contributed by atoms with Gasteiger partial charge in [-0.15, -0.1) is 0 Å². The largest absolute Gasteiger partial charge is 0.469 e. The van der Waals surface area contributed by atoms with Gasteiger partial charge in [-0.2, -0.15) is 0 Å². The molecule has 1 N–H and O–H groups in total. The van der Waals surface area contributed by atoms with Gasteiger partial charge in [0.05, 0.1) is 12.5 Å². The molecule has 3 aliphatic carbocycles. The molecule has 23 heavy (non-hydrogen) atoms. The van der Waals surface area contributed by atoms with E-state index >= 15 is 0 Å². The normalized spacial score (nSPS) is 30.8. The molecular formula is C20H27NO2. The van der Waals surface area contributed by atoms with Crippen LogP contribution in [0.5, 0.6) is 0 Å². The smallest absolute Gasteiger partial charge is 0.313 e. The Morgan fingerprint density at radius 1 is 1.39 bits per heavy atom. The van der Waals surface area contributed by atoms with Crippen LogP contribution >= 0.6 is 0 Å². The predicted molar refractivity (Wildman–Crippen MR) is 90.2 cm³/mol. The van der Waals surface area contributed by atoms with Crippen LogP contribution in [-0.4, -0.2) is 25.7 Å². The summed E-state index contributed by atoms with van der Waals surface area (Å²) in [5.74, 6) is 2.33. The molecule has 1 aromatic carbocycles. The molecular weight excluding hydrogens is 286 g/mol. The van der Waals surface area contributed by atoms with Gasteiger partial charge in [0, 0.05) is 6.04 Å². The minimum Gasteiger partial charge on any atom is -0.469 e. The van der Waals surface area contributed by atoms with Crippen LogP contribution in [0.15, 0.2) is 24.3 Å². The monoisotopic (exact) mass is 313 g/mol. The van der Waals surface area contributed by atoms with Gasteiger partial charge in [0.2, 0.25) is 0 Å². The van der Waals surface area contributed by atoms with Crippen molar-refractivity contribution in [1.82, 2.24) is 5.32 Å². The van der Waals surface area contributed by atoms with Crippen molar-refractivity contribution in [2.24, 2.45) is 17.3 Å². The molecule has 2 fully saturated rings. The molecule has 0 bridgehead atoms. The Balaban J connectivity index is 1.39. The van der Waals surface area contributed by atoms with Gasteiger partial charge in [0.15, 0.2) is 0 Å². The number of benzene rings is 1. The van der Waals surface area contributed by atoms with Crippen molar-refractivity contribution in [3.05, 3.63) is 35.4 Å². The summed E-state index contributed by atoms with van der Waals surface area (Å²) in [4.78, 5) is 12.3. The highest BCUT2D eigenvalue weighted by Crippen LogP contribution is 2.61. The molecule has 124 valence electrons. The first-order valence-electron chi connectivity index (χ1n) is 9.11. The molecule has 1 aromatic rings. The van der Waals surface area contributed by atoms with E-state index < -0.39 is 0 Å². The topological polar surface area (TPSA) is 38.3 Å². The maximum Gasteiger partial charge on any atom is 0.313 e. The number of hydrogen-bond donors (Lipinski definition) is 1. The molecule has 0 spiro atoms. The third-order valence-electron chi connectivity index (χ3n) is 6.71. The van der Waals surface area contributed by atoms with Gasteiger partial charge in [-0.05, 0) is 61.1 Å². The molecule has 0 aromatic heterocycles. The molecule has 2 saturated carbocycles. The molecule has 4 atom stereocenters. The van der Waals surface area contributed by atoms with E-state index in [-0.39, 0.29) is 17.4 Å². The van der Waals surface area contributed by atoms with E-state index in [1.54, 1.807) is 11.1 Å². The van der Waals surface area contributed by atoms with Gasteiger partial charge in [0.25, 0.3) is 0 Å². The summed E-state index contributed by atoms with van der Waals surface area (Å²) in [5, 5.41) is 3.75. The van der Waals surface area contributed by atoms with Gasteiger partial charge < -0.3 is 10.1 Å². The van der Waals surface area contributed by atoms with E-state index in [1.165, 1.54) is 13.5 Å². The number of methoxy groups -OCH3 is 1. The fourth-order valence-electron chi connectivity index (χ4n) is 5.23. The number of rotatable bonds is 6. The first kappa shape index (κ1) is 15.2. The molecule has 4 rings (SSSR count). The molecule has 0 saturated heterocycles. The second kappa shape index (κ2) is 5.62. The highest BCUT2D eigenvalue weighted by atomic mass is 16.5. The van der Waals surface area contributed by atoms with Crippen molar-refractivity contribution in [3.63, 3.8) is 0 Å². The average molecular weight is 313 g/mol. The number of hydrogen-bond acceptors (Lipinski definition) is 3. The number of esters is 1. The first-order chi connectivity index (χ1) is 11.2. The van der Waals surface area contributed by atoms with Crippen molar-refractivity contribution < 1.29 is 9.53 Å². The van der Waals surface area contributed by atoms with Crippen molar-refractivity contribution in [1.29, 1.82) is 0 Å². The van der Waals surface area contributed by atoms with E-state index in [1.807, 2.05) is 0 Å². The van der Waals surface area contributed by atoms with E-state index in [0.29, 0.717) is 0 Å². The predicted octanol–water partition coefficient (Wildman–Crippen LogP) is 3.28. The summed E-state index contributed by atoms with van der Waals surface area (Å²) in [6.45, 7) is 3.23. The summed E-state index contributed by atoms with van der Waals surface area (Å²) in [5.41, 5.74) is 2.87. The number of ether oxygens (including phenoxy) is 1. The van der Waals surface area contributed by atoms with E-state index in [2.05, 4.69) is 36.5 Å².